The third-order valence-electron chi connectivity index (χ3n) is 3.79. The second kappa shape index (κ2) is 7.25. The molecule has 1 aromatic rings. The molecule has 21 heavy (non-hydrogen) atoms. The summed E-state index contributed by atoms with van der Waals surface area (Å²) >= 11 is 0. The van der Waals surface area contributed by atoms with Crippen molar-refractivity contribution in [2.45, 2.75) is 46.0 Å². The summed E-state index contributed by atoms with van der Waals surface area (Å²) in [6.07, 6.45) is 1.03. The molecule has 0 heterocycles. The van der Waals surface area contributed by atoms with E-state index in [1.807, 2.05) is 45.0 Å². The highest BCUT2D eigenvalue weighted by Crippen LogP contribution is 2.24. The van der Waals surface area contributed by atoms with E-state index in [1.165, 1.54) is 5.56 Å². The lowest BCUT2D eigenvalue weighted by Crippen LogP contribution is -2.42. The SMILES string of the molecule is CCc1ccc(C(C)(C)C(=O)NCC(C)CC(=O)O)cc1. The van der Waals surface area contributed by atoms with Gasteiger partial charge in [0.1, 0.15) is 0 Å². The number of carbonyl (C=O) groups excluding carboxylic acids is 1. The number of benzene rings is 1. The number of aryl methyl sites for hydroxylation is 1. The number of nitrogens with one attached hydrogen (secondary N) is 1. The van der Waals surface area contributed by atoms with Crippen molar-refractivity contribution in [2.24, 2.45) is 5.92 Å². The van der Waals surface area contributed by atoms with Crippen LogP contribution < -0.4 is 5.32 Å². The number of carboxylic acids is 1. The molecule has 0 aliphatic heterocycles. The Morgan fingerprint density at radius 3 is 2.29 bits per heavy atom. The fourth-order valence-electron chi connectivity index (χ4n) is 2.15. The Morgan fingerprint density at radius 2 is 1.81 bits per heavy atom. The van der Waals surface area contributed by atoms with E-state index in [4.69, 9.17) is 5.11 Å². The minimum absolute atomic E-state index is 0.0614. The highest BCUT2D eigenvalue weighted by atomic mass is 16.4. The molecule has 1 unspecified atom stereocenters. The van der Waals surface area contributed by atoms with Crippen molar-refractivity contribution in [1.29, 1.82) is 0 Å². The minimum Gasteiger partial charge on any atom is -0.481 e. The highest BCUT2D eigenvalue weighted by Gasteiger charge is 2.29. The molecule has 1 atom stereocenters. The van der Waals surface area contributed by atoms with Crippen LogP contribution in [0.1, 0.15) is 45.2 Å². The van der Waals surface area contributed by atoms with Gasteiger partial charge in [0, 0.05) is 13.0 Å². The Hall–Kier alpha value is -1.84. The largest absolute Gasteiger partial charge is 0.481 e. The van der Waals surface area contributed by atoms with E-state index < -0.39 is 11.4 Å². The third kappa shape index (κ3) is 4.88. The molecule has 1 aromatic carbocycles. The maximum atomic E-state index is 12.4. The molecule has 0 radical (unpaired) electrons. The van der Waals surface area contributed by atoms with Crippen molar-refractivity contribution < 1.29 is 14.7 Å². The summed E-state index contributed by atoms with van der Waals surface area (Å²) in [6.45, 7) is 8.05. The van der Waals surface area contributed by atoms with Crippen LogP contribution in [0.5, 0.6) is 0 Å². The Morgan fingerprint density at radius 1 is 1.24 bits per heavy atom. The van der Waals surface area contributed by atoms with Gasteiger partial charge < -0.3 is 10.4 Å². The quantitative estimate of drug-likeness (QED) is 0.811. The van der Waals surface area contributed by atoms with Crippen LogP contribution in [0.2, 0.25) is 0 Å². The topological polar surface area (TPSA) is 66.4 Å². The number of carboxylic acid groups (broad SMARTS) is 1. The maximum Gasteiger partial charge on any atom is 0.303 e. The number of hydrogen-bond donors (Lipinski definition) is 2. The minimum atomic E-state index is -0.842. The van der Waals surface area contributed by atoms with E-state index in [0.717, 1.165) is 12.0 Å². The zero-order chi connectivity index (χ0) is 16.0. The monoisotopic (exact) mass is 291 g/mol. The molecule has 0 saturated heterocycles. The van der Waals surface area contributed by atoms with Gasteiger partial charge in [0.25, 0.3) is 0 Å². The molecule has 116 valence electrons. The van der Waals surface area contributed by atoms with Gasteiger partial charge in [-0.2, -0.15) is 0 Å². The van der Waals surface area contributed by atoms with Crippen LogP contribution in [-0.2, 0) is 21.4 Å². The lowest BCUT2D eigenvalue weighted by Gasteiger charge is -2.25. The maximum absolute atomic E-state index is 12.4. The molecular formula is C17H25NO3. The van der Waals surface area contributed by atoms with Crippen LogP contribution in [0.25, 0.3) is 0 Å². The summed E-state index contributed by atoms with van der Waals surface area (Å²) in [6, 6.07) is 8.05. The van der Waals surface area contributed by atoms with Crippen molar-refractivity contribution in [2.75, 3.05) is 6.54 Å². The Balaban J connectivity index is 2.67. The molecule has 4 nitrogen and oxygen atoms in total. The molecule has 0 spiro atoms. The van der Waals surface area contributed by atoms with Crippen LogP contribution in [0.15, 0.2) is 24.3 Å². The summed E-state index contributed by atoms with van der Waals surface area (Å²) in [5.74, 6) is -1.00. The molecule has 0 aromatic heterocycles. The van der Waals surface area contributed by atoms with E-state index in [2.05, 4.69) is 12.2 Å². The third-order valence-corrected chi connectivity index (χ3v) is 3.79. The predicted octanol–water partition coefficient (Wildman–Crippen LogP) is 2.75. The Kier molecular flexibility index (Phi) is 5.94. The Bertz CT molecular complexity index is 491. The van der Waals surface area contributed by atoms with Gasteiger partial charge in [-0.25, -0.2) is 0 Å². The van der Waals surface area contributed by atoms with Crippen LogP contribution in [0, 0.1) is 5.92 Å². The van der Waals surface area contributed by atoms with Crippen LogP contribution >= 0.6 is 0 Å². The van der Waals surface area contributed by atoms with Gasteiger partial charge in [-0.15, -0.1) is 0 Å². The fourth-order valence-corrected chi connectivity index (χ4v) is 2.15. The normalized spacial score (nSPS) is 12.8. The summed E-state index contributed by atoms with van der Waals surface area (Å²) in [5.41, 5.74) is 1.57. The van der Waals surface area contributed by atoms with Gasteiger partial charge in [0.05, 0.1) is 5.41 Å². The molecule has 0 fully saturated rings. The van der Waals surface area contributed by atoms with E-state index in [9.17, 15) is 9.59 Å². The molecule has 4 heteroatoms. The van der Waals surface area contributed by atoms with Crippen molar-refractivity contribution in [3.8, 4) is 0 Å². The zero-order valence-corrected chi connectivity index (χ0v) is 13.3. The lowest BCUT2D eigenvalue weighted by atomic mass is 9.83. The Labute approximate surface area is 126 Å². The number of carbonyl (C=O) groups is 2. The molecule has 1 amide bonds. The lowest BCUT2D eigenvalue weighted by molar-refractivity contribution is -0.138. The molecule has 0 aliphatic carbocycles. The standard InChI is InChI=1S/C17H25NO3/c1-5-13-6-8-14(9-7-13)17(3,4)16(21)18-11-12(2)10-15(19)20/h6-9,12H,5,10-11H2,1-4H3,(H,18,21)(H,19,20). The smallest absolute Gasteiger partial charge is 0.303 e. The van der Waals surface area contributed by atoms with Crippen LogP contribution in [0.3, 0.4) is 0 Å². The second-order valence-electron chi connectivity index (χ2n) is 6.09. The molecule has 0 saturated carbocycles. The average Bonchev–Trinajstić information content (AvgIpc) is 2.44. The summed E-state index contributed by atoms with van der Waals surface area (Å²) in [7, 11) is 0. The summed E-state index contributed by atoms with van der Waals surface area (Å²) in [5, 5.41) is 11.6. The first-order chi connectivity index (χ1) is 9.77. The predicted molar refractivity (Wildman–Crippen MR) is 83.3 cm³/mol. The van der Waals surface area contributed by atoms with E-state index in [-0.39, 0.29) is 18.2 Å². The first kappa shape index (κ1) is 17.2. The van der Waals surface area contributed by atoms with Crippen molar-refractivity contribution in [3.05, 3.63) is 35.4 Å². The summed E-state index contributed by atoms with van der Waals surface area (Å²) in [4.78, 5) is 23.0. The molecule has 0 bridgehead atoms. The van der Waals surface area contributed by atoms with Gasteiger partial charge in [-0.3, -0.25) is 9.59 Å². The van der Waals surface area contributed by atoms with Gasteiger partial charge in [-0.1, -0.05) is 38.1 Å². The first-order valence-corrected chi connectivity index (χ1v) is 7.36. The van der Waals surface area contributed by atoms with Gasteiger partial charge in [-0.05, 0) is 37.3 Å². The molecular weight excluding hydrogens is 266 g/mol. The highest BCUT2D eigenvalue weighted by molar-refractivity contribution is 5.87. The molecule has 1 rings (SSSR count). The van der Waals surface area contributed by atoms with E-state index >= 15 is 0 Å². The second-order valence-corrected chi connectivity index (χ2v) is 6.09. The van der Waals surface area contributed by atoms with Crippen LogP contribution in [-0.4, -0.2) is 23.5 Å². The zero-order valence-electron chi connectivity index (χ0n) is 13.3. The fraction of sp³-hybridized carbons (Fsp3) is 0.529. The number of rotatable bonds is 7. The summed E-state index contributed by atoms with van der Waals surface area (Å²) < 4.78 is 0. The van der Waals surface area contributed by atoms with Crippen LogP contribution in [0.4, 0.5) is 0 Å². The first-order valence-electron chi connectivity index (χ1n) is 7.36. The van der Waals surface area contributed by atoms with Crippen molar-refractivity contribution in [1.82, 2.24) is 5.32 Å². The van der Waals surface area contributed by atoms with Gasteiger partial charge in [0.2, 0.25) is 5.91 Å². The van der Waals surface area contributed by atoms with Crippen molar-refractivity contribution >= 4 is 11.9 Å². The van der Waals surface area contributed by atoms with E-state index in [1.54, 1.807) is 0 Å². The van der Waals surface area contributed by atoms with Gasteiger partial charge >= 0.3 is 5.97 Å². The van der Waals surface area contributed by atoms with Gasteiger partial charge in [0.15, 0.2) is 0 Å². The van der Waals surface area contributed by atoms with E-state index in [0.29, 0.717) is 6.54 Å². The average molecular weight is 291 g/mol. The molecule has 2 N–H and O–H groups in total. The number of amides is 1. The molecule has 0 aliphatic rings. The van der Waals surface area contributed by atoms with Crippen molar-refractivity contribution in [3.63, 3.8) is 0 Å². The number of aliphatic carboxylic acids is 1. The number of hydrogen-bond acceptors (Lipinski definition) is 2.